The number of likely N-dealkylation sites (N-methyl/N-ethyl adjacent to an activating group) is 1. The summed E-state index contributed by atoms with van der Waals surface area (Å²) in [6.45, 7) is 1.97. The Kier molecular flexibility index (Phi) is 1.92. The van der Waals surface area contributed by atoms with Gasteiger partial charge in [-0.2, -0.15) is 0 Å². The Morgan fingerprint density at radius 3 is 2.25 bits per heavy atom. The van der Waals surface area contributed by atoms with Crippen molar-refractivity contribution in [3.63, 3.8) is 0 Å². The minimum absolute atomic E-state index is 0.398. The molecule has 2 atom stereocenters. The highest BCUT2D eigenvalue weighted by atomic mass is 16.3. The number of hydrogen-bond acceptors (Lipinski definition) is 2. The maximum absolute atomic E-state index is 9.87. The molecular formula is C10H19NO. The molecule has 0 amide bonds. The first-order chi connectivity index (χ1) is 5.61. The largest absolute Gasteiger partial charge is 0.389 e. The van der Waals surface area contributed by atoms with Gasteiger partial charge in [0, 0.05) is 12.1 Å². The molecule has 2 fully saturated rings. The van der Waals surface area contributed by atoms with Gasteiger partial charge in [0.1, 0.15) is 0 Å². The van der Waals surface area contributed by atoms with Gasteiger partial charge in [-0.25, -0.2) is 0 Å². The molecule has 2 aliphatic carbocycles. The van der Waals surface area contributed by atoms with E-state index in [-0.39, 0.29) is 0 Å². The molecule has 0 unspecified atom stereocenters. The second kappa shape index (κ2) is 2.71. The third-order valence-corrected chi connectivity index (χ3v) is 3.78. The summed E-state index contributed by atoms with van der Waals surface area (Å²) in [5.41, 5.74) is -0.398. The molecule has 2 aliphatic rings. The fraction of sp³-hybridized carbons (Fsp3) is 1.00. The molecule has 0 saturated heterocycles. The predicted octanol–water partition coefficient (Wildman–Crippen LogP) is 1.38. The zero-order chi connectivity index (χ0) is 8.77. The number of aliphatic hydroxyl groups is 1. The van der Waals surface area contributed by atoms with Crippen LogP contribution in [0.25, 0.3) is 0 Å². The van der Waals surface area contributed by atoms with E-state index in [1.54, 1.807) is 0 Å². The van der Waals surface area contributed by atoms with Gasteiger partial charge in [0.25, 0.3) is 0 Å². The summed E-state index contributed by atoms with van der Waals surface area (Å²) in [6, 6.07) is 1.20. The Morgan fingerprint density at radius 2 is 2.00 bits per heavy atom. The van der Waals surface area contributed by atoms with Gasteiger partial charge in [0.2, 0.25) is 0 Å². The van der Waals surface area contributed by atoms with Gasteiger partial charge < -0.3 is 5.11 Å². The van der Waals surface area contributed by atoms with Gasteiger partial charge in [-0.05, 0) is 39.7 Å². The fourth-order valence-electron chi connectivity index (χ4n) is 2.38. The van der Waals surface area contributed by atoms with Crippen LogP contribution in [0.2, 0.25) is 0 Å². The van der Waals surface area contributed by atoms with Crippen LogP contribution in [0.15, 0.2) is 0 Å². The zero-order valence-electron chi connectivity index (χ0n) is 8.08. The second-order valence-electron chi connectivity index (χ2n) is 4.66. The van der Waals surface area contributed by atoms with Gasteiger partial charge in [-0.3, -0.25) is 4.90 Å². The molecule has 0 aromatic carbocycles. The Hall–Kier alpha value is -0.0800. The summed E-state index contributed by atoms with van der Waals surface area (Å²) in [7, 11) is 2.17. The van der Waals surface area contributed by atoms with Gasteiger partial charge in [-0.15, -0.1) is 0 Å². The van der Waals surface area contributed by atoms with Gasteiger partial charge in [0.15, 0.2) is 0 Å². The summed E-state index contributed by atoms with van der Waals surface area (Å²) in [5.74, 6) is 0. The molecule has 1 N–H and O–H groups in total. The number of rotatable bonds is 2. The molecule has 0 aromatic heterocycles. The molecule has 0 radical (unpaired) electrons. The first-order valence-corrected chi connectivity index (χ1v) is 5.05. The first kappa shape index (κ1) is 8.52. The number of nitrogens with zero attached hydrogens (tertiary/aromatic N) is 1. The van der Waals surface area contributed by atoms with Crippen LogP contribution in [0.1, 0.15) is 39.0 Å². The molecule has 2 rings (SSSR count). The molecule has 0 bridgehead atoms. The van der Waals surface area contributed by atoms with Crippen LogP contribution in [-0.4, -0.2) is 34.7 Å². The molecule has 2 saturated carbocycles. The summed E-state index contributed by atoms with van der Waals surface area (Å²) in [4.78, 5) is 2.40. The maximum atomic E-state index is 9.87. The van der Waals surface area contributed by atoms with Crippen molar-refractivity contribution in [2.45, 2.75) is 56.7 Å². The van der Waals surface area contributed by atoms with E-state index in [1.165, 1.54) is 25.7 Å². The normalized spacial score (nSPS) is 42.5. The van der Waals surface area contributed by atoms with Crippen molar-refractivity contribution in [1.29, 1.82) is 0 Å². The first-order valence-electron chi connectivity index (χ1n) is 5.05. The van der Waals surface area contributed by atoms with Crippen molar-refractivity contribution in [1.82, 2.24) is 4.90 Å². The van der Waals surface area contributed by atoms with E-state index < -0.39 is 5.60 Å². The van der Waals surface area contributed by atoms with Crippen molar-refractivity contribution in [3.8, 4) is 0 Å². The summed E-state index contributed by atoms with van der Waals surface area (Å²) in [6.07, 6.45) is 6.21. The average Bonchev–Trinajstić information content (AvgIpc) is 1.81. The van der Waals surface area contributed by atoms with Crippen molar-refractivity contribution in [3.05, 3.63) is 0 Å². The zero-order valence-corrected chi connectivity index (χ0v) is 8.08. The van der Waals surface area contributed by atoms with Crippen LogP contribution in [0.5, 0.6) is 0 Å². The molecular weight excluding hydrogens is 150 g/mol. The molecule has 0 aromatic rings. The smallest absolute Gasteiger partial charge is 0.0774 e. The summed E-state index contributed by atoms with van der Waals surface area (Å²) >= 11 is 0. The molecule has 0 spiro atoms. The van der Waals surface area contributed by atoms with E-state index in [0.717, 1.165) is 12.5 Å². The van der Waals surface area contributed by atoms with E-state index in [9.17, 15) is 5.11 Å². The van der Waals surface area contributed by atoms with Crippen LogP contribution in [-0.2, 0) is 0 Å². The van der Waals surface area contributed by atoms with E-state index in [0.29, 0.717) is 6.04 Å². The Labute approximate surface area is 74.6 Å². The average molecular weight is 169 g/mol. The van der Waals surface area contributed by atoms with Crippen molar-refractivity contribution < 1.29 is 5.11 Å². The molecule has 2 heteroatoms. The molecule has 0 heterocycles. The lowest BCUT2D eigenvalue weighted by Crippen LogP contribution is -2.60. The third-order valence-electron chi connectivity index (χ3n) is 3.78. The summed E-state index contributed by atoms with van der Waals surface area (Å²) < 4.78 is 0. The minimum atomic E-state index is -0.398. The Bertz CT molecular complexity index is 175. The van der Waals surface area contributed by atoms with E-state index in [2.05, 4.69) is 11.9 Å². The topological polar surface area (TPSA) is 23.5 Å². The van der Waals surface area contributed by atoms with Crippen LogP contribution < -0.4 is 0 Å². The van der Waals surface area contributed by atoms with Gasteiger partial charge in [-0.1, -0.05) is 6.42 Å². The Morgan fingerprint density at radius 1 is 1.33 bits per heavy atom. The second-order valence-corrected chi connectivity index (χ2v) is 4.66. The lowest BCUT2D eigenvalue weighted by atomic mass is 9.74. The van der Waals surface area contributed by atoms with Gasteiger partial charge >= 0.3 is 0 Å². The molecule has 0 aliphatic heterocycles. The molecule has 12 heavy (non-hydrogen) atoms. The fourth-order valence-corrected chi connectivity index (χ4v) is 2.38. The highest BCUT2D eigenvalue weighted by Crippen LogP contribution is 2.38. The highest BCUT2D eigenvalue weighted by molar-refractivity contribution is 5.00. The third kappa shape index (κ3) is 1.17. The predicted molar refractivity (Wildman–Crippen MR) is 49.0 cm³/mol. The molecule has 70 valence electrons. The molecule has 2 nitrogen and oxygen atoms in total. The van der Waals surface area contributed by atoms with E-state index >= 15 is 0 Å². The van der Waals surface area contributed by atoms with Crippen LogP contribution in [0, 0.1) is 0 Å². The lowest BCUT2D eigenvalue weighted by Gasteiger charge is -2.52. The lowest BCUT2D eigenvalue weighted by molar-refractivity contribution is -0.114. The maximum Gasteiger partial charge on any atom is 0.0774 e. The van der Waals surface area contributed by atoms with Crippen molar-refractivity contribution in [2.75, 3.05) is 7.05 Å². The standard InChI is InChI=1S/C10H19NO/c1-10(12)7-6-9(10)11(2)8-4-3-5-8/h8-9,12H,3-7H2,1-2H3/t9-,10-/m0/s1. The van der Waals surface area contributed by atoms with Crippen LogP contribution in [0.4, 0.5) is 0 Å². The number of hydrogen-bond donors (Lipinski definition) is 1. The van der Waals surface area contributed by atoms with Crippen LogP contribution >= 0.6 is 0 Å². The van der Waals surface area contributed by atoms with Gasteiger partial charge in [0.05, 0.1) is 5.60 Å². The van der Waals surface area contributed by atoms with E-state index in [1.807, 2.05) is 6.92 Å². The highest BCUT2D eigenvalue weighted by Gasteiger charge is 2.45. The quantitative estimate of drug-likeness (QED) is 0.675. The SMILES string of the molecule is CN(C1CCC1)[C@H]1CC[C@]1(C)O. The van der Waals surface area contributed by atoms with Crippen molar-refractivity contribution in [2.24, 2.45) is 0 Å². The summed E-state index contributed by atoms with van der Waals surface area (Å²) in [5, 5.41) is 9.87. The Balaban J connectivity index is 1.91. The van der Waals surface area contributed by atoms with Crippen LogP contribution in [0.3, 0.4) is 0 Å². The van der Waals surface area contributed by atoms with Crippen molar-refractivity contribution >= 4 is 0 Å². The van der Waals surface area contributed by atoms with E-state index in [4.69, 9.17) is 0 Å². The minimum Gasteiger partial charge on any atom is -0.389 e. The monoisotopic (exact) mass is 169 g/mol.